The van der Waals surface area contributed by atoms with E-state index in [1.807, 2.05) is 30.3 Å². The van der Waals surface area contributed by atoms with E-state index in [-0.39, 0.29) is 27.6 Å². The van der Waals surface area contributed by atoms with Crippen molar-refractivity contribution in [1.29, 1.82) is 0 Å². The van der Waals surface area contributed by atoms with Crippen molar-refractivity contribution in [3.63, 3.8) is 0 Å². The maximum atomic E-state index is 12.4. The van der Waals surface area contributed by atoms with Gasteiger partial charge in [-0.3, -0.25) is 4.79 Å². The fourth-order valence-electron chi connectivity index (χ4n) is 2.01. The number of nitrogens with one attached hydrogen (secondary N) is 1. The van der Waals surface area contributed by atoms with Crippen molar-refractivity contribution < 1.29 is 13.2 Å². The monoisotopic (exact) mass is 415 g/mol. The highest BCUT2D eigenvalue weighted by Gasteiger charge is 2.19. The molecule has 0 aliphatic rings. The lowest BCUT2D eigenvalue weighted by atomic mass is 10.1. The van der Waals surface area contributed by atoms with Crippen molar-refractivity contribution in [3.05, 3.63) is 64.7 Å². The van der Waals surface area contributed by atoms with Crippen molar-refractivity contribution >= 4 is 43.3 Å². The Balaban J connectivity index is 2.14. The molecule has 2 rings (SSSR count). The summed E-state index contributed by atoms with van der Waals surface area (Å²) >= 11 is 9.05. The molecule has 0 amide bonds. The summed E-state index contributed by atoms with van der Waals surface area (Å²) in [4.78, 5) is 11.6. The molecule has 0 saturated heterocycles. The molecule has 0 spiro atoms. The molecule has 0 atom stereocenters. The molecule has 1 N–H and O–H groups in total. The normalized spacial score (nSPS) is 11.4. The van der Waals surface area contributed by atoms with Crippen LogP contribution in [0.5, 0.6) is 0 Å². The SMILES string of the molecule is O=C(CBr)c1ccc(Cl)c(S(=O)(=O)NCCc2ccccc2)c1. The molecule has 2 aromatic rings. The van der Waals surface area contributed by atoms with Crippen molar-refractivity contribution in [2.24, 2.45) is 0 Å². The Kier molecular flexibility index (Phi) is 6.35. The van der Waals surface area contributed by atoms with Gasteiger partial charge in [0.1, 0.15) is 4.90 Å². The van der Waals surface area contributed by atoms with Crippen LogP contribution in [0.15, 0.2) is 53.4 Å². The summed E-state index contributed by atoms with van der Waals surface area (Å²) in [7, 11) is -3.77. The lowest BCUT2D eigenvalue weighted by molar-refractivity contribution is 0.102. The molecule has 0 bridgehead atoms. The van der Waals surface area contributed by atoms with Gasteiger partial charge in [-0.1, -0.05) is 57.9 Å². The minimum absolute atomic E-state index is 0.0842. The predicted molar refractivity (Wildman–Crippen MR) is 94.9 cm³/mol. The molecule has 7 heteroatoms. The average molecular weight is 417 g/mol. The van der Waals surface area contributed by atoms with E-state index in [2.05, 4.69) is 20.7 Å². The molecule has 0 saturated carbocycles. The Morgan fingerprint density at radius 3 is 2.48 bits per heavy atom. The van der Waals surface area contributed by atoms with E-state index in [9.17, 15) is 13.2 Å². The summed E-state index contributed by atoms with van der Waals surface area (Å²) in [5, 5.41) is 0.207. The van der Waals surface area contributed by atoms with Crippen LogP contribution in [-0.4, -0.2) is 26.1 Å². The topological polar surface area (TPSA) is 63.2 Å². The second-order valence-electron chi connectivity index (χ2n) is 4.84. The van der Waals surface area contributed by atoms with E-state index in [0.29, 0.717) is 12.0 Å². The fourth-order valence-corrected chi connectivity index (χ4v) is 3.89. The highest BCUT2D eigenvalue weighted by molar-refractivity contribution is 9.09. The summed E-state index contributed by atoms with van der Waals surface area (Å²) in [5.74, 6) is -0.206. The highest BCUT2D eigenvalue weighted by atomic mass is 79.9. The fraction of sp³-hybridized carbons (Fsp3) is 0.188. The summed E-state index contributed by atoms with van der Waals surface area (Å²) in [6, 6.07) is 13.8. The van der Waals surface area contributed by atoms with E-state index in [4.69, 9.17) is 11.6 Å². The third kappa shape index (κ3) is 4.88. The molecule has 0 aromatic heterocycles. The Labute approximate surface area is 149 Å². The van der Waals surface area contributed by atoms with Gasteiger partial charge in [0, 0.05) is 12.1 Å². The molecule has 0 aliphatic carbocycles. The van der Waals surface area contributed by atoms with Crippen LogP contribution in [0.4, 0.5) is 0 Å². The number of hydrogen-bond acceptors (Lipinski definition) is 3. The molecule has 122 valence electrons. The minimum Gasteiger partial charge on any atom is -0.293 e. The molecule has 4 nitrogen and oxygen atoms in total. The van der Waals surface area contributed by atoms with Gasteiger partial charge in [0.25, 0.3) is 0 Å². The van der Waals surface area contributed by atoms with Crippen molar-refractivity contribution in [3.8, 4) is 0 Å². The standard InChI is InChI=1S/C16H15BrClNO3S/c17-11-15(20)13-6-7-14(18)16(10-13)23(21,22)19-9-8-12-4-2-1-3-5-12/h1-7,10,19H,8-9,11H2. The third-order valence-corrected chi connectivity index (χ3v) is 5.66. The quantitative estimate of drug-likeness (QED) is 0.555. The Morgan fingerprint density at radius 1 is 1.13 bits per heavy atom. The molecule has 0 fully saturated rings. The number of ketones is 1. The number of rotatable bonds is 7. The van der Waals surface area contributed by atoms with E-state index >= 15 is 0 Å². The number of carbonyl (C=O) groups is 1. The number of sulfonamides is 1. The van der Waals surface area contributed by atoms with E-state index in [1.54, 1.807) is 0 Å². The molecule has 0 aliphatic heterocycles. The second kappa shape index (κ2) is 8.06. The maximum absolute atomic E-state index is 12.4. The van der Waals surface area contributed by atoms with Gasteiger partial charge in [0.2, 0.25) is 10.0 Å². The van der Waals surface area contributed by atoms with Gasteiger partial charge >= 0.3 is 0 Å². The average Bonchev–Trinajstić information content (AvgIpc) is 2.55. The zero-order valence-electron chi connectivity index (χ0n) is 12.1. The van der Waals surface area contributed by atoms with Gasteiger partial charge in [-0.15, -0.1) is 0 Å². The summed E-state index contributed by atoms with van der Waals surface area (Å²) < 4.78 is 27.3. The molecule has 0 heterocycles. The molecule has 2 aromatic carbocycles. The zero-order chi connectivity index (χ0) is 16.9. The third-order valence-electron chi connectivity index (χ3n) is 3.21. The van der Waals surface area contributed by atoms with Gasteiger partial charge < -0.3 is 0 Å². The molecule has 0 radical (unpaired) electrons. The van der Waals surface area contributed by atoms with Crippen LogP contribution in [0.3, 0.4) is 0 Å². The van der Waals surface area contributed by atoms with Gasteiger partial charge in [-0.2, -0.15) is 0 Å². The van der Waals surface area contributed by atoms with Crippen LogP contribution in [0, 0.1) is 0 Å². The Morgan fingerprint density at radius 2 is 1.83 bits per heavy atom. The lowest BCUT2D eigenvalue weighted by Gasteiger charge is -2.10. The van der Waals surface area contributed by atoms with Crippen LogP contribution in [0.25, 0.3) is 0 Å². The number of alkyl halides is 1. The van der Waals surface area contributed by atoms with E-state index in [1.165, 1.54) is 18.2 Å². The first-order chi connectivity index (χ1) is 10.9. The lowest BCUT2D eigenvalue weighted by Crippen LogP contribution is -2.26. The largest absolute Gasteiger partial charge is 0.293 e. The number of carbonyl (C=O) groups excluding carboxylic acids is 1. The first-order valence-electron chi connectivity index (χ1n) is 6.86. The molecule has 23 heavy (non-hydrogen) atoms. The van der Waals surface area contributed by atoms with Crippen molar-refractivity contribution in [2.45, 2.75) is 11.3 Å². The maximum Gasteiger partial charge on any atom is 0.242 e. The first kappa shape index (κ1) is 18.1. The van der Waals surface area contributed by atoms with Crippen LogP contribution in [-0.2, 0) is 16.4 Å². The minimum atomic E-state index is -3.77. The van der Waals surface area contributed by atoms with Gasteiger partial charge in [0.15, 0.2) is 5.78 Å². The number of halogens is 2. The van der Waals surface area contributed by atoms with Crippen molar-refractivity contribution in [2.75, 3.05) is 11.9 Å². The smallest absolute Gasteiger partial charge is 0.242 e. The van der Waals surface area contributed by atoms with E-state index in [0.717, 1.165) is 5.56 Å². The first-order valence-corrected chi connectivity index (χ1v) is 9.84. The molecular formula is C16H15BrClNO3S. The van der Waals surface area contributed by atoms with Crippen LogP contribution in [0.2, 0.25) is 5.02 Å². The van der Waals surface area contributed by atoms with Gasteiger partial charge in [0.05, 0.1) is 10.4 Å². The summed E-state index contributed by atoms with van der Waals surface area (Å²) in [5.41, 5.74) is 1.33. The van der Waals surface area contributed by atoms with Crippen LogP contribution in [0.1, 0.15) is 15.9 Å². The van der Waals surface area contributed by atoms with E-state index < -0.39 is 10.0 Å². The Bertz CT molecular complexity index is 794. The van der Waals surface area contributed by atoms with Gasteiger partial charge in [-0.05, 0) is 30.2 Å². The number of benzene rings is 2. The van der Waals surface area contributed by atoms with Crippen LogP contribution < -0.4 is 4.72 Å². The molecular weight excluding hydrogens is 402 g/mol. The Hall–Kier alpha value is -1.21. The summed E-state index contributed by atoms with van der Waals surface area (Å²) in [6.07, 6.45) is 0.567. The zero-order valence-corrected chi connectivity index (χ0v) is 15.3. The number of Topliss-reactive ketones (excluding diaryl/α,β-unsaturated/α-hetero) is 1. The second-order valence-corrected chi connectivity index (χ2v) is 7.54. The van der Waals surface area contributed by atoms with Gasteiger partial charge in [-0.25, -0.2) is 13.1 Å². The summed E-state index contributed by atoms with van der Waals surface area (Å²) in [6.45, 7) is 0.249. The number of hydrogen-bond donors (Lipinski definition) is 1. The molecule has 0 unspecified atom stereocenters. The predicted octanol–water partition coefficient (Wildman–Crippen LogP) is 3.44. The van der Waals surface area contributed by atoms with Crippen molar-refractivity contribution in [1.82, 2.24) is 4.72 Å². The van der Waals surface area contributed by atoms with Crippen LogP contribution >= 0.6 is 27.5 Å². The highest BCUT2D eigenvalue weighted by Crippen LogP contribution is 2.23.